The van der Waals surface area contributed by atoms with Crippen molar-refractivity contribution in [3.05, 3.63) is 35.2 Å². The van der Waals surface area contributed by atoms with Crippen molar-refractivity contribution in [1.29, 1.82) is 0 Å². The molecule has 2 N–H and O–H groups in total. The Morgan fingerprint density at radius 1 is 1.17 bits per heavy atom. The largest absolute Gasteiger partial charge is 0.324 e. The predicted molar refractivity (Wildman–Crippen MR) is 79.9 cm³/mol. The number of hydrogen-bond donors (Lipinski definition) is 1. The Bertz CT molecular complexity index is 511. The third-order valence-corrected chi connectivity index (χ3v) is 5.20. The van der Waals surface area contributed by atoms with Gasteiger partial charge in [0.15, 0.2) is 0 Å². The summed E-state index contributed by atoms with van der Waals surface area (Å²) in [7, 11) is 0. The summed E-state index contributed by atoms with van der Waals surface area (Å²) >= 11 is 1.82. The first-order valence-corrected chi connectivity index (χ1v) is 7.94. The van der Waals surface area contributed by atoms with Crippen molar-refractivity contribution in [2.24, 2.45) is 11.7 Å². The van der Waals surface area contributed by atoms with Crippen molar-refractivity contribution in [1.82, 2.24) is 0 Å². The van der Waals surface area contributed by atoms with E-state index in [1.165, 1.54) is 47.8 Å². The second kappa shape index (κ2) is 5.41. The fourth-order valence-corrected chi connectivity index (χ4v) is 4.20. The number of benzene rings is 1. The molecule has 1 fully saturated rings. The summed E-state index contributed by atoms with van der Waals surface area (Å²) in [6, 6.07) is 8.95. The molecule has 1 aliphatic carbocycles. The van der Waals surface area contributed by atoms with E-state index in [0.29, 0.717) is 0 Å². The van der Waals surface area contributed by atoms with Gasteiger partial charge in [0.2, 0.25) is 0 Å². The highest BCUT2D eigenvalue weighted by atomic mass is 32.1. The molecule has 0 spiro atoms. The summed E-state index contributed by atoms with van der Waals surface area (Å²) in [6.07, 6.45) is 8.16. The van der Waals surface area contributed by atoms with Crippen LogP contribution in [0.15, 0.2) is 29.6 Å². The Hall–Kier alpha value is -0.860. The predicted octanol–water partition coefficient (Wildman–Crippen LogP) is 4.87. The van der Waals surface area contributed by atoms with Gasteiger partial charge in [-0.05, 0) is 34.7 Å². The van der Waals surface area contributed by atoms with Crippen LogP contribution in [0.25, 0.3) is 10.1 Å². The Morgan fingerprint density at radius 3 is 2.83 bits per heavy atom. The van der Waals surface area contributed by atoms with E-state index in [1.54, 1.807) is 0 Å². The van der Waals surface area contributed by atoms with Gasteiger partial charge in [0.25, 0.3) is 0 Å². The van der Waals surface area contributed by atoms with E-state index in [4.69, 9.17) is 5.73 Å². The normalized spacial score (nSPS) is 19.2. The molecule has 1 aromatic carbocycles. The summed E-state index contributed by atoms with van der Waals surface area (Å²) in [5.74, 6) is 0.851. The minimum absolute atomic E-state index is 0.218. The van der Waals surface area contributed by atoms with Crippen molar-refractivity contribution in [2.75, 3.05) is 0 Å². The van der Waals surface area contributed by atoms with Crippen LogP contribution in [0.1, 0.15) is 50.1 Å². The van der Waals surface area contributed by atoms with E-state index in [0.717, 1.165) is 12.3 Å². The van der Waals surface area contributed by atoms with Crippen molar-refractivity contribution in [3.63, 3.8) is 0 Å². The van der Waals surface area contributed by atoms with Gasteiger partial charge in [-0.25, -0.2) is 0 Å². The van der Waals surface area contributed by atoms with E-state index >= 15 is 0 Å². The van der Waals surface area contributed by atoms with Crippen molar-refractivity contribution in [3.8, 4) is 0 Å². The van der Waals surface area contributed by atoms with Crippen LogP contribution >= 0.6 is 11.3 Å². The molecule has 1 atom stereocenters. The molecule has 2 heteroatoms. The maximum Gasteiger partial charge on any atom is 0.0390 e. The summed E-state index contributed by atoms with van der Waals surface area (Å²) in [4.78, 5) is 0. The molecule has 0 saturated heterocycles. The van der Waals surface area contributed by atoms with Gasteiger partial charge >= 0.3 is 0 Å². The zero-order valence-electron chi connectivity index (χ0n) is 10.8. The van der Waals surface area contributed by atoms with Gasteiger partial charge in [-0.1, -0.05) is 50.3 Å². The third-order valence-electron chi connectivity index (χ3n) is 4.22. The lowest BCUT2D eigenvalue weighted by molar-refractivity contribution is 0.320. The minimum atomic E-state index is 0.218. The zero-order valence-corrected chi connectivity index (χ0v) is 11.6. The van der Waals surface area contributed by atoms with Crippen LogP contribution in [0.2, 0.25) is 0 Å². The summed E-state index contributed by atoms with van der Waals surface area (Å²) < 4.78 is 1.39. The van der Waals surface area contributed by atoms with Crippen LogP contribution in [0.5, 0.6) is 0 Å². The highest BCUT2D eigenvalue weighted by molar-refractivity contribution is 7.17. The molecule has 1 aromatic heterocycles. The topological polar surface area (TPSA) is 26.0 Å². The van der Waals surface area contributed by atoms with E-state index in [1.807, 2.05) is 11.3 Å². The Balaban J connectivity index is 1.78. The molecule has 96 valence electrons. The Morgan fingerprint density at radius 2 is 2.00 bits per heavy atom. The molecule has 1 saturated carbocycles. The molecule has 1 nitrogen and oxygen atoms in total. The van der Waals surface area contributed by atoms with Crippen LogP contribution < -0.4 is 5.73 Å². The lowest BCUT2D eigenvalue weighted by Gasteiger charge is -2.25. The fourth-order valence-electron chi connectivity index (χ4n) is 3.22. The molecule has 1 heterocycles. The molecular weight excluding hydrogens is 238 g/mol. The lowest BCUT2D eigenvalue weighted by Crippen LogP contribution is -2.17. The number of hydrogen-bond acceptors (Lipinski definition) is 2. The van der Waals surface area contributed by atoms with Gasteiger partial charge < -0.3 is 5.73 Å². The molecule has 1 unspecified atom stereocenters. The smallest absolute Gasteiger partial charge is 0.0390 e. The molecule has 0 amide bonds. The average molecular weight is 259 g/mol. The van der Waals surface area contributed by atoms with Crippen LogP contribution in [0.3, 0.4) is 0 Å². The van der Waals surface area contributed by atoms with Crippen LogP contribution in [0, 0.1) is 5.92 Å². The molecule has 0 aliphatic heterocycles. The number of rotatable bonds is 3. The molecule has 18 heavy (non-hydrogen) atoms. The Kier molecular flexibility index (Phi) is 3.67. The van der Waals surface area contributed by atoms with Gasteiger partial charge in [0, 0.05) is 10.7 Å². The second-order valence-electron chi connectivity index (χ2n) is 5.53. The quantitative estimate of drug-likeness (QED) is 0.836. The Labute approximate surface area is 113 Å². The monoisotopic (exact) mass is 259 g/mol. The SMILES string of the molecule is NC(CC1CCCCC1)c1cccc2ccsc12. The van der Waals surface area contributed by atoms with Gasteiger partial charge in [-0.2, -0.15) is 0 Å². The van der Waals surface area contributed by atoms with Crippen molar-refractivity contribution in [2.45, 2.75) is 44.6 Å². The first-order valence-electron chi connectivity index (χ1n) is 7.06. The standard InChI is InChI=1S/C16H21NS/c17-15(11-12-5-2-1-3-6-12)14-8-4-7-13-9-10-18-16(13)14/h4,7-10,12,15H,1-3,5-6,11,17H2. The van der Waals surface area contributed by atoms with Crippen LogP contribution in [-0.2, 0) is 0 Å². The molecular formula is C16H21NS. The van der Waals surface area contributed by atoms with Gasteiger partial charge in [-0.3, -0.25) is 0 Å². The number of nitrogens with two attached hydrogens (primary N) is 1. The number of fused-ring (bicyclic) bond motifs is 1. The fraction of sp³-hybridized carbons (Fsp3) is 0.500. The van der Waals surface area contributed by atoms with E-state index in [9.17, 15) is 0 Å². The minimum Gasteiger partial charge on any atom is -0.324 e. The van der Waals surface area contributed by atoms with Crippen LogP contribution in [-0.4, -0.2) is 0 Å². The van der Waals surface area contributed by atoms with Gasteiger partial charge in [-0.15, -0.1) is 11.3 Å². The third kappa shape index (κ3) is 2.45. The van der Waals surface area contributed by atoms with Crippen LogP contribution in [0.4, 0.5) is 0 Å². The summed E-state index contributed by atoms with van der Waals surface area (Å²) in [5.41, 5.74) is 7.81. The number of thiophene rings is 1. The summed E-state index contributed by atoms with van der Waals surface area (Å²) in [6.45, 7) is 0. The van der Waals surface area contributed by atoms with Gasteiger partial charge in [0.1, 0.15) is 0 Å². The van der Waals surface area contributed by atoms with Crippen molar-refractivity contribution < 1.29 is 0 Å². The molecule has 2 aromatic rings. The van der Waals surface area contributed by atoms with Gasteiger partial charge in [0.05, 0.1) is 0 Å². The average Bonchev–Trinajstić information content (AvgIpc) is 2.87. The highest BCUT2D eigenvalue weighted by Crippen LogP contribution is 2.34. The van der Waals surface area contributed by atoms with Crippen molar-refractivity contribution >= 4 is 21.4 Å². The summed E-state index contributed by atoms with van der Waals surface area (Å²) in [5, 5.41) is 3.51. The maximum atomic E-state index is 6.46. The lowest BCUT2D eigenvalue weighted by atomic mass is 9.83. The maximum absolute atomic E-state index is 6.46. The highest BCUT2D eigenvalue weighted by Gasteiger charge is 2.19. The second-order valence-corrected chi connectivity index (χ2v) is 6.45. The zero-order chi connectivity index (χ0) is 12.4. The van der Waals surface area contributed by atoms with E-state index in [2.05, 4.69) is 29.6 Å². The molecule has 0 bridgehead atoms. The van der Waals surface area contributed by atoms with E-state index in [-0.39, 0.29) is 6.04 Å². The van der Waals surface area contributed by atoms with E-state index < -0.39 is 0 Å². The first-order chi connectivity index (χ1) is 8.84. The first kappa shape index (κ1) is 12.2. The molecule has 0 radical (unpaired) electrons. The molecule has 1 aliphatic rings. The molecule has 3 rings (SSSR count).